The smallest absolute Gasteiger partial charge is 0.263 e. The zero-order chi connectivity index (χ0) is 18.8. The van der Waals surface area contributed by atoms with Crippen molar-refractivity contribution in [3.63, 3.8) is 0 Å². The lowest BCUT2D eigenvalue weighted by molar-refractivity contribution is 0.0943. The number of rotatable bonds is 4. The molecule has 1 aromatic carbocycles. The number of benzene rings is 1. The number of pyridine rings is 1. The van der Waals surface area contributed by atoms with Gasteiger partial charge in [-0.2, -0.15) is 0 Å². The Bertz CT molecular complexity index is 947. The molecule has 3 rings (SSSR count). The lowest BCUT2D eigenvalue weighted by Gasteiger charge is -2.18. The fourth-order valence-electron chi connectivity index (χ4n) is 3.01. The summed E-state index contributed by atoms with van der Waals surface area (Å²) in [4.78, 5) is 22.1. The zero-order valence-corrected chi connectivity index (χ0v) is 16.6. The van der Waals surface area contributed by atoms with Gasteiger partial charge in [0.25, 0.3) is 5.91 Å². The molecule has 1 N–H and O–H groups in total. The van der Waals surface area contributed by atoms with Gasteiger partial charge in [0, 0.05) is 18.0 Å². The Morgan fingerprint density at radius 3 is 2.54 bits per heavy atom. The predicted molar refractivity (Wildman–Crippen MR) is 107 cm³/mol. The average molecular weight is 366 g/mol. The van der Waals surface area contributed by atoms with Crippen molar-refractivity contribution in [1.82, 2.24) is 15.3 Å². The van der Waals surface area contributed by atoms with Crippen molar-refractivity contribution in [2.45, 2.75) is 40.7 Å². The fourth-order valence-corrected chi connectivity index (χ4v) is 3.97. The van der Waals surface area contributed by atoms with Crippen molar-refractivity contribution in [3.05, 3.63) is 69.5 Å². The molecule has 1 atom stereocenters. The van der Waals surface area contributed by atoms with Gasteiger partial charge in [-0.05, 0) is 69.0 Å². The maximum Gasteiger partial charge on any atom is 0.263 e. The van der Waals surface area contributed by atoms with Gasteiger partial charge in [-0.25, -0.2) is 4.98 Å². The Hall–Kier alpha value is -2.53. The summed E-state index contributed by atoms with van der Waals surface area (Å²) < 4.78 is 0. The first-order chi connectivity index (χ1) is 12.4. The summed E-state index contributed by atoms with van der Waals surface area (Å²) >= 11 is 1.40. The van der Waals surface area contributed by atoms with Crippen molar-refractivity contribution >= 4 is 17.2 Å². The molecule has 2 heterocycles. The summed E-state index contributed by atoms with van der Waals surface area (Å²) in [6.07, 6.45) is 3.49. The normalized spacial score (nSPS) is 12.0. The Morgan fingerprint density at radius 1 is 1.12 bits per heavy atom. The van der Waals surface area contributed by atoms with Crippen molar-refractivity contribution in [1.29, 1.82) is 0 Å². The van der Waals surface area contributed by atoms with Gasteiger partial charge in [-0.3, -0.25) is 9.78 Å². The third-order valence-electron chi connectivity index (χ3n) is 4.61. The Balaban J connectivity index is 1.82. The van der Waals surface area contributed by atoms with Crippen LogP contribution < -0.4 is 5.32 Å². The summed E-state index contributed by atoms with van der Waals surface area (Å²) in [5.41, 5.74) is 6.52. The van der Waals surface area contributed by atoms with Crippen LogP contribution in [0, 0.1) is 27.7 Å². The second kappa shape index (κ2) is 7.38. The molecule has 0 radical (unpaired) electrons. The van der Waals surface area contributed by atoms with E-state index in [1.165, 1.54) is 28.0 Å². The van der Waals surface area contributed by atoms with Crippen molar-refractivity contribution in [2.24, 2.45) is 0 Å². The number of hydrogen-bond donors (Lipinski definition) is 1. The summed E-state index contributed by atoms with van der Waals surface area (Å²) in [6, 6.07) is 8.09. The van der Waals surface area contributed by atoms with Crippen LogP contribution in [0.15, 0.2) is 36.7 Å². The lowest BCUT2D eigenvalue weighted by atomic mass is 9.96. The van der Waals surface area contributed by atoms with Gasteiger partial charge in [0.15, 0.2) is 0 Å². The molecule has 0 aliphatic heterocycles. The second-order valence-corrected chi connectivity index (χ2v) is 7.66. The third kappa shape index (κ3) is 3.68. The number of aromatic nitrogens is 2. The molecular weight excluding hydrogens is 342 g/mol. The van der Waals surface area contributed by atoms with E-state index in [2.05, 4.69) is 48.2 Å². The van der Waals surface area contributed by atoms with E-state index in [1.54, 1.807) is 12.4 Å². The van der Waals surface area contributed by atoms with Gasteiger partial charge >= 0.3 is 0 Å². The maximum atomic E-state index is 12.8. The van der Waals surface area contributed by atoms with Crippen LogP contribution in [0.25, 0.3) is 10.6 Å². The van der Waals surface area contributed by atoms with E-state index in [1.807, 2.05) is 26.0 Å². The van der Waals surface area contributed by atoms with Gasteiger partial charge < -0.3 is 5.32 Å². The zero-order valence-electron chi connectivity index (χ0n) is 15.8. The van der Waals surface area contributed by atoms with E-state index in [9.17, 15) is 4.79 Å². The number of nitrogens with one attached hydrogen (secondary N) is 1. The van der Waals surface area contributed by atoms with Crippen LogP contribution in [-0.4, -0.2) is 15.9 Å². The minimum Gasteiger partial charge on any atom is -0.345 e. The summed E-state index contributed by atoms with van der Waals surface area (Å²) in [7, 11) is 0. The van der Waals surface area contributed by atoms with Crippen molar-refractivity contribution in [3.8, 4) is 10.6 Å². The highest BCUT2D eigenvalue weighted by atomic mass is 32.1. The van der Waals surface area contributed by atoms with Gasteiger partial charge in [-0.1, -0.05) is 12.1 Å². The number of carbonyl (C=O) groups is 1. The number of carbonyl (C=O) groups excluding carboxylic acids is 1. The Morgan fingerprint density at radius 2 is 1.85 bits per heavy atom. The molecule has 1 amide bonds. The van der Waals surface area contributed by atoms with Crippen LogP contribution in [0.1, 0.15) is 50.6 Å². The average Bonchev–Trinajstić information content (AvgIpc) is 3.00. The maximum absolute atomic E-state index is 12.8. The molecule has 3 aromatic rings. The molecule has 0 bridgehead atoms. The first-order valence-electron chi connectivity index (χ1n) is 8.63. The van der Waals surface area contributed by atoms with Gasteiger partial charge in [0.05, 0.1) is 11.7 Å². The lowest BCUT2D eigenvalue weighted by Crippen LogP contribution is -2.27. The van der Waals surface area contributed by atoms with E-state index in [0.29, 0.717) is 4.88 Å². The molecule has 0 saturated heterocycles. The van der Waals surface area contributed by atoms with Gasteiger partial charge in [0.1, 0.15) is 9.88 Å². The molecule has 134 valence electrons. The largest absolute Gasteiger partial charge is 0.345 e. The van der Waals surface area contributed by atoms with Gasteiger partial charge in [-0.15, -0.1) is 11.3 Å². The van der Waals surface area contributed by atoms with E-state index in [4.69, 9.17) is 0 Å². The fraction of sp³-hybridized carbons (Fsp3) is 0.286. The van der Waals surface area contributed by atoms with Crippen LogP contribution in [0.3, 0.4) is 0 Å². The molecule has 5 heteroatoms. The Labute approximate surface area is 158 Å². The van der Waals surface area contributed by atoms with Gasteiger partial charge in [0.2, 0.25) is 0 Å². The summed E-state index contributed by atoms with van der Waals surface area (Å²) in [5.74, 6) is -0.0831. The highest BCUT2D eigenvalue weighted by molar-refractivity contribution is 7.17. The molecular formula is C21H23N3OS. The molecule has 26 heavy (non-hydrogen) atoms. The summed E-state index contributed by atoms with van der Waals surface area (Å²) in [5, 5.41) is 3.94. The standard InChI is InChI=1S/C21H23N3OS/c1-12-9-14(3)18(10-13(12)2)15(4)23-20(25)19-16(5)24-21(26-19)17-7-6-8-22-11-17/h6-11,15H,1-5H3,(H,23,25)/t15-/m1/s1. The monoisotopic (exact) mass is 365 g/mol. The van der Waals surface area contributed by atoms with E-state index >= 15 is 0 Å². The van der Waals surface area contributed by atoms with Crippen LogP contribution in [0.5, 0.6) is 0 Å². The predicted octanol–water partition coefficient (Wildman–Crippen LogP) is 4.93. The highest BCUT2D eigenvalue weighted by Gasteiger charge is 2.19. The number of amides is 1. The second-order valence-electron chi connectivity index (χ2n) is 6.66. The molecule has 0 aliphatic carbocycles. The van der Waals surface area contributed by atoms with Crippen molar-refractivity contribution in [2.75, 3.05) is 0 Å². The minimum atomic E-state index is -0.0831. The molecule has 4 nitrogen and oxygen atoms in total. The molecule has 2 aromatic heterocycles. The topological polar surface area (TPSA) is 54.9 Å². The molecule has 0 aliphatic rings. The molecule has 0 fully saturated rings. The van der Waals surface area contributed by atoms with Crippen LogP contribution in [0.2, 0.25) is 0 Å². The molecule has 0 unspecified atom stereocenters. The van der Waals surface area contributed by atoms with Crippen molar-refractivity contribution < 1.29 is 4.79 Å². The molecule has 0 saturated carbocycles. The number of nitrogens with zero attached hydrogens (tertiary/aromatic N) is 2. The minimum absolute atomic E-state index is 0.0647. The Kier molecular flexibility index (Phi) is 5.18. The number of hydrogen-bond acceptors (Lipinski definition) is 4. The van der Waals surface area contributed by atoms with E-state index < -0.39 is 0 Å². The van der Waals surface area contributed by atoms with Crippen LogP contribution in [0.4, 0.5) is 0 Å². The number of thiazole rings is 1. The highest BCUT2D eigenvalue weighted by Crippen LogP contribution is 2.28. The first kappa shape index (κ1) is 18.3. The van der Waals surface area contributed by atoms with E-state index in [0.717, 1.165) is 21.8 Å². The van der Waals surface area contributed by atoms with E-state index in [-0.39, 0.29) is 11.9 Å². The quantitative estimate of drug-likeness (QED) is 0.713. The van der Waals surface area contributed by atoms with Crippen LogP contribution in [-0.2, 0) is 0 Å². The number of aryl methyl sites for hydroxylation is 4. The third-order valence-corrected chi connectivity index (χ3v) is 5.81. The SMILES string of the molecule is Cc1cc(C)c([C@@H](C)NC(=O)c2sc(-c3cccnc3)nc2C)cc1C. The first-order valence-corrected chi connectivity index (χ1v) is 9.45. The molecule has 0 spiro atoms. The van der Waals surface area contributed by atoms with Crippen LogP contribution >= 0.6 is 11.3 Å². The summed E-state index contributed by atoms with van der Waals surface area (Å²) in [6.45, 7) is 10.2.